The van der Waals surface area contributed by atoms with E-state index in [1.165, 1.54) is 0 Å². The van der Waals surface area contributed by atoms with Crippen LogP contribution in [0, 0.1) is 0 Å². The Balaban J connectivity index is 2.02. The molecule has 1 aromatic heterocycles. The fraction of sp³-hybridized carbons (Fsp3) is 0.625. The maximum absolute atomic E-state index is 5.65. The summed E-state index contributed by atoms with van der Waals surface area (Å²) in [7, 11) is 0. The first kappa shape index (κ1) is 10.4. The van der Waals surface area contributed by atoms with Crippen LogP contribution in [-0.2, 0) is 4.74 Å². The van der Waals surface area contributed by atoms with Gasteiger partial charge in [0.1, 0.15) is 0 Å². The molecule has 0 saturated carbocycles. The van der Waals surface area contributed by atoms with Gasteiger partial charge in [0.15, 0.2) is 0 Å². The molecular weight excluding hydrogens is 218 g/mol. The molecule has 3 N–H and O–H groups in total. The van der Waals surface area contributed by atoms with Crippen LogP contribution in [0.4, 0.5) is 11.9 Å². The summed E-state index contributed by atoms with van der Waals surface area (Å²) in [5.41, 5.74) is 5.45. The van der Waals surface area contributed by atoms with Crippen molar-refractivity contribution in [2.75, 3.05) is 24.3 Å². The summed E-state index contributed by atoms with van der Waals surface area (Å²) >= 11 is 5.65. The van der Waals surface area contributed by atoms with Gasteiger partial charge in [0.05, 0.1) is 12.6 Å². The molecule has 1 atom stereocenters. The van der Waals surface area contributed by atoms with Gasteiger partial charge in [-0.2, -0.15) is 15.0 Å². The predicted octanol–water partition coefficient (Wildman–Crippen LogP) is 0.698. The molecule has 2 heterocycles. The van der Waals surface area contributed by atoms with Crippen molar-refractivity contribution < 1.29 is 4.74 Å². The van der Waals surface area contributed by atoms with E-state index in [2.05, 4.69) is 20.3 Å². The zero-order valence-corrected chi connectivity index (χ0v) is 8.87. The molecule has 1 unspecified atom stereocenters. The normalized spacial score (nSPS) is 21.3. The third kappa shape index (κ3) is 2.90. The fourth-order valence-corrected chi connectivity index (χ4v) is 1.63. The fourth-order valence-electron chi connectivity index (χ4n) is 1.47. The molecule has 0 radical (unpaired) electrons. The van der Waals surface area contributed by atoms with E-state index in [1.807, 2.05) is 0 Å². The SMILES string of the molecule is Nc1nc(Cl)nc(NC2CCCOC2)n1. The van der Waals surface area contributed by atoms with Crippen molar-refractivity contribution in [2.24, 2.45) is 0 Å². The predicted molar refractivity (Wildman–Crippen MR) is 56.7 cm³/mol. The number of rotatable bonds is 2. The number of anilines is 2. The second kappa shape index (κ2) is 4.59. The molecular formula is C8H12ClN5O. The number of ether oxygens (including phenoxy) is 1. The molecule has 15 heavy (non-hydrogen) atoms. The highest BCUT2D eigenvalue weighted by atomic mass is 35.5. The third-order valence-corrected chi connectivity index (χ3v) is 2.29. The molecule has 0 amide bonds. The highest BCUT2D eigenvalue weighted by molar-refractivity contribution is 6.28. The quantitative estimate of drug-likeness (QED) is 0.777. The summed E-state index contributed by atoms with van der Waals surface area (Å²) in [4.78, 5) is 11.5. The molecule has 6 nitrogen and oxygen atoms in total. The maximum atomic E-state index is 5.65. The zero-order chi connectivity index (χ0) is 10.7. The number of nitrogen functional groups attached to an aromatic ring is 1. The van der Waals surface area contributed by atoms with Gasteiger partial charge in [-0.3, -0.25) is 0 Å². The topological polar surface area (TPSA) is 86.0 Å². The van der Waals surface area contributed by atoms with Gasteiger partial charge in [-0.15, -0.1) is 0 Å². The van der Waals surface area contributed by atoms with E-state index in [9.17, 15) is 0 Å². The highest BCUT2D eigenvalue weighted by Crippen LogP contribution is 2.12. The number of hydrogen-bond acceptors (Lipinski definition) is 6. The van der Waals surface area contributed by atoms with Crippen LogP contribution in [0.5, 0.6) is 0 Å². The number of aromatic nitrogens is 3. The minimum absolute atomic E-state index is 0.0988. The van der Waals surface area contributed by atoms with Gasteiger partial charge in [-0.05, 0) is 24.4 Å². The van der Waals surface area contributed by atoms with Crippen molar-refractivity contribution in [2.45, 2.75) is 18.9 Å². The molecule has 1 aliphatic rings. The van der Waals surface area contributed by atoms with Crippen molar-refractivity contribution in [3.05, 3.63) is 5.28 Å². The number of nitrogens with zero attached hydrogens (tertiary/aromatic N) is 3. The maximum Gasteiger partial charge on any atom is 0.229 e. The van der Waals surface area contributed by atoms with E-state index in [0.29, 0.717) is 12.6 Å². The number of hydrogen-bond donors (Lipinski definition) is 2. The van der Waals surface area contributed by atoms with Gasteiger partial charge in [-0.25, -0.2) is 0 Å². The van der Waals surface area contributed by atoms with Gasteiger partial charge in [0.25, 0.3) is 0 Å². The second-order valence-corrected chi connectivity index (χ2v) is 3.68. The van der Waals surface area contributed by atoms with Gasteiger partial charge in [0, 0.05) is 6.61 Å². The molecule has 1 saturated heterocycles. The Labute approximate surface area is 92.2 Å². The summed E-state index contributed by atoms with van der Waals surface area (Å²) in [5, 5.41) is 3.21. The zero-order valence-electron chi connectivity index (χ0n) is 8.11. The van der Waals surface area contributed by atoms with Gasteiger partial charge in [-0.1, -0.05) is 0 Å². The average Bonchev–Trinajstić information content (AvgIpc) is 2.17. The van der Waals surface area contributed by atoms with Crippen LogP contribution in [0.2, 0.25) is 5.28 Å². The first-order chi connectivity index (χ1) is 7.24. The molecule has 82 valence electrons. The molecule has 1 fully saturated rings. The largest absolute Gasteiger partial charge is 0.379 e. The molecule has 7 heteroatoms. The van der Waals surface area contributed by atoms with Crippen molar-refractivity contribution in [3.63, 3.8) is 0 Å². The minimum atomic E-state index is 0.0988. The molecule has 2 rings (SSSR count). The summed E-state index contributed by atoms with van der Waals surface area (Å²) < 4.78 is 5.32. The average molecular weight is 230 g/mol. The van der Waals surface area contributed by atoms with Gasteiger partial charge >= 0.3 is 0 Å². The van der Waals surface area contributed by atoms with E-state index in [4.69, 9.17) is 22.1 Å². The lowest BCUT2D eigenvalue weighted by molar-refractivity contribution is 0.0874. The molecule has 1 aromatic rings. The summed E-state index contributed by atoms with van der Waals surface area (Å²) in [6.45, 7) is 1.47. The minimum Gasteiger partial charge on any atom is -0.379 e. The Morgan fingerprint density at radius 1 is 1.40 bits per heavy atom. The van der Waals surface area contributed by atoms with Crippen molar-refractivity contribution in [1.82, 2.24) is 15.0 Å². The van der Waals surface area contributed by atoms with Crippen LogP contribution in [0.25, 0.3) is 0 Å². The van der Waals surface area contributed by atoms with Gasteiger partial charge < -0.3 is 15.8 Å². The van der Waals surface area contributed by atoms with Crippen LogP contribution in [0.1, 0.15) is 12.8 Å². The Morgan fingerprint density at radius 2 is 2.27 bits per heavy atom. The lowest BCUT2D eigenvalue weighted by atomic mass is 10.1. The Kier molecular flexibility index (Phi) is 3.17. The van der Waals surface area contributed by atoms with Crippen LogP contribution in [0.3, 0.4) is 0 Å². The Morgan fingerprint density at radius 3 is 2.93 bits per heavy atom. The summed E-state index contributed by atoms with van der Waals surface area (Å²) in [5.74, 6) is 0.525. The lowest BCUT2D eigenvalue weighted by Crippen LogP contribution is -2.30. The Bertz CT molecular complexity index is 322. The van der Waals surface area contributed by atoms with Crippen LogP contribution in [0.15, 0.2) is 0 Å². The Hall–Kier alpha value is -1.14. The van der Waals surface area contributed by atoms with E-state index < -0.39 is 0 Å². The first-order valence-electron chi connectivity index (χ1n) is 4.75. The summed E-state index contributed by atoms with van der Waals surface area (Å²) in [6.07, 6.45) is 2.06. The van der Waals surface area contributed by atoms with E-state index in [1.54, 1.807) is 0 Å². The van der Waals surface area contributed by atoms with Crippen LogP contribution >= 0.6 is 11.6 Å². The molecule has 0 aromatic carbocycles. The van der Waals surface area contributed by atoms with Crippen molar-refractivity contribution in [3.8, 4) is 0 Å². The van der Waals surface area contributed by atoms with Gasteiger partial charge in [0.2, 0.25) is 17.2 Å². The number of nitrogens with one attached hydrogen (secondary N) is 1. The van der Waals surface area contributed by atoms with Crippen LogP contribution in [-0.4, -0.2) is 34.2 Å². The number of nitrogens with two attached hydrogens (primary N) is 1. The molecule has 0 bridgehead atoms. The second-order valence-electron chi connectivity index (χ2n) is 3.34. The third-order valence-electron chi connectivity index (χ3n) is 2.12. The molecule has 0 spiro atoms. The molecule has 0 aliphatic carbocycles. The number of halogens is 1. The lowest BCUT2D eigenvalue weighted by Gasteiger charge is -2.22. The highest BCUT2D eigenvalue weighted by Gasteiger charge is 2.15. The van der Waals surface area contributed by atoms with Crippen molar-refractivity contribution in [1.29, 1.82) is 0 Å². The summed E-state index contributed by atoms with van der Waals surface area (Å²) in [6, 6.07) is 0.219. The van der Waals surface area contributed by atoms with Crippen LogP contribution < -0.4 is 11.1 Å². The smallest absolute Gasteiger partial charge is 0.229 e. The van der Waals surface area contributed by atoms with E-state index in [-0.39, 0.29) is 17.3 Å². The van der Waals surface area contributed by atoms with Crippen molar-refractivity contribution >= 4 is 23.5 Å². The standard InChI is InChI=1S/C8H12ClN5O/c9-6-12-7(10)14-8(13-6)11-5-2-1-3-15-4-5/h5H,1-4H2,(H3,10,11,12,13,14). The molecule has 1 aliphatic heterocycles. The van der Waals surface area contributed by atoms with E-state index >= 15 is 0 Å². The van der Waals surface area contributed by atoms with E-state index in [0.717, 1.165) is 19.4 Å². The monoisotopic (exact) mass is 229 g/mol. The first-order valence-corrected chi connectivity index (χ1v) is 5.13.